The van der Waals surface area contributed by atoms with Gasteiger partial charge >= 0.3 is 0 Å². The van der Waals surface area contributed by atoms with Crippen molar-refractivity contribution in [2.45, 2.75) is 13.0 Å². The zero-order chi connectivity index (χ0) is 16.4. The highest BCUT2D eigenvalue weighted by Crippen LogP contribution is 2.20. The second-order valence-electron chi connectivity index (χ2n) is 5.47. The molecule has 0 aliphatic rings. The van der Waals surface area contributed by atoms with E-state index >= 15 is 0 Å². The van der Waals surface area contributed by atoms with Gasteiger partial charge in [-0.3, -0.25) is 9.97 Å². The first-order valence-electron chi connectivity index (χ1n) is 7.63. The third-order valence-electron chi connectivity index (χ3n) is 3.80. The molecule has 3 aromatic heterocycles. The van der Waals surface area contributed by atoms with E-state index in [0.29, 0.717) is 12.1 Å². The van der Waals surface area contributed by atoms with Gasteiger partial charge < -0.3 is 5.11 Å². The Morgan fingerprint density at radius 3 is 2.58 bits per heavy atom. The molecule has 0 saturated heterocycles. The molecule has 4 aromatic rings. The second kappa shape index (κ2) is 6.17. The fraction of sp³-hybridized carbons (Fsp3) is 0.111. The monoisotopic (exact) mass is 317 g/mol. The van der Waals surface area contributed by atoms with Gasteiger partial charge in [0, 0.05) is 36.8 Å². The fourth-order valence-corrected chi connectivity index (χ4v) is 2.59. The van der Waals surface area contributed by atoms with Gasteiger partial charge in [-0.1, -0.05) is 24.3 Å². The number of aliphatic hydroxyl groups is 1. The lowest BCUT2D eigenvalue weighted by molar-refractivity contribution is 0.282. The van der Waals surface area contributed by atoms with Gasteiger partial charge in [0.15, 0.2) is 11.5 Å². The molecule has 0 atom stereocenters. The number of benzene rings is 1. The van der Waals surface area contributed by atoms with Gasteiger partial charge in [-0.25, -0.2) is 9.50 Å². The van der Waals surface area contributed by atoms with Crippen LogP contribution in [0.2, 0.25) is 0 Å². The van der Waals surface area contributed by atoms with Gasteiger partial charge in [0.05, 0.1) is 6.61 Å². The van der Waals surface area contributed by atoms with E-state index in [-0.39, 0.29) is 6.61 Å². The number of rotatable bonds is 4. The van der Waals surface area contributed by atoms with Crippen molar-refractivity contribution in [3.05, 3.63) is 78.1 Å². The minimum absolute atomic E-state index is 0.0486. The number of aromatic nitrogens is 5. The van der Waals surface area contributed by atoms with Crippen LogP contribution in [0.3, 0.4) is 0 Å². The van der Waals surface area contributed by atoms with Crippen LogP contribution in [0.1, 0.15) is 17.0 Å². The van der Waals surface area contributed by atoms with Crippen molar-refractivity contribution in [2.24, 2.45) is 0 Å². The lowest BCUT2D eigenvalue weighted by Crippen LogP contribution is -1.93. The number of fused-ring (bicyclic) bond motifs is 1. The lowest BCUT2D eigenvalue weighted by Gasteiger charge is -2.00. The number of pyridine rings is 1. The Kier molecular flexibility index (Phi) is 3.72. The first kappa shape index (κ1) is 14.5. The molecule has 0 fully saturated rings. The van der Waals surface area contributed by atoms with Crippen LogP contribution < -0.4 is 0 Å². The molecule has 24 heavy (non-hydrogen) atoms. The molecular formula is C18H15N5O. The molecule has 1 N–H and O–H groups in total. The highest BCUT2D eigenvalue weighted by molar-refractivity contribution is 5.72. The second-order valence-corrected chi connectivity index (χ2v) is 5.47. The number of aliphatic hydroxyl groups excluding tert-OH is 1. The molecule has 0 aliphatic carbocycles. The molecule has 6 nitrogen and oxygen atoms in total. The fourth-order valence-electron chi connectivity index (χ4n) is 2.59. The molecule has 1 aromatic carbocycles. The van der Waals surface area contributed by atoms with Gasteiger partial charge in [0.1, 0.15) is 5.69 Å². The van der Waals surface area contributed by atoms with Crippen LogP contribution in [0, 0.1) is 0 Å². The van der Waals surface area contributed by atoms with Crippen LogP contribution >= 0.6 is 0 Å². The Hall–Kier alpha value is -3.12. The summed E-state index contributed by atoms with van der Waals surface area (Å²) in [5.41, 5.74) is 4.38. The van der Waals surface area contributed by atoms with Crippen molar-refractivity contribution < 1.29 is 5.11 Å². The molecule has 118 valence electrons. The van der Waals surface area contributed by atoms with E-state index in [2.05, 4.69) is 20.1 Å². The van der Waals surface area contributed by atoms with Gasteiger partial charge in [-0.05, 0) is 23.3 Å². The summed E-state index contributed by atoms with van der Waals surface area (Å²) >= 11 is 0. The van der Waals surface area contributed by atoms with Crippen LogP contribution in [0.5, 0.6) is 0 Å². The maximum Gasteiger partial charge on any atom is 0.182 e. The zero-order valence-electron chi connectivity index (χ0n) is 12.9. The topological polar surface area (TPSA) is 76.2 Å². The molecule has 3 heterocycles. The van der Waals surface area contributed by atoms with Crippen LogP contribution in [0.25, 0.3) is 16.9 Å². The molecule has 0 amide bonds. The normalized spacial score (nSPS) is 11.0. The average molecular weight is 317 g/mol. The molecule has 0 unspecified atom stereocenters. The first-order valence-corrected chi connectivity index (χ1v) is 7.63. The summed E-state index contributed by atoms with van der Waals surface area (Å²) < 4.78 is 1.74. The standard InChI is InChI=1S/C18H15N5O/c24-12-14-5-3-13(4-6-14)10-16-21-18-17(15-2-1-7-19-11-15)20-8-9-23(18)22-16/h1-9,11,24H,10,12H2. The highest BCUT2D eigenvalue weighted by atomic mass is 16.3. The summed E-state index contributed by atoms with van der Waals surface area (Å²) in [6.07, 6.45) is 7.63. The summed E-state index contributed by atoms with van der Waals surface area (Å²) in [5.74, 6) is 0.727. The minimum Gasteiger partial charge on any atom is -0.392 e. The van der Waals surface area contributed by atoms with Gasteiger partial charge in [-0.2, -0.15) is 5.10 Å². The smallest absolute Gasteiger partial charge is 0.182 e. The summed E-state index contributed by atoms with van der Waals surface area (Å²) in [5, 5.41) is 13.6. The van der Waals surface area contributed by atoms with E-state index in [4.69, 9.17) is 5.11 Å². The van der Waals surface area contributed by atoms with Crippen LogP contribution in [-0.4, -0.2) is 29.7 Å². The van der Waals surface area contributed by atoms with E-state index < -0.39 is 0 Å². The van der Waals surface area contributed by atoms with E-state index in [0.717, 1.165) is 28.2 Å². The van der Waals surface area contributed by atoms with E-state index in [1.165, 1.54) is 0 Å². The quantitative estimate of drug-likeness (QED) is 0.625. The molecule has 0 saturated carbocycles. The Bertz CT molecular complexity index is 964. The molecule has 0 spiro atoms. The largest absolute Gasteiger partial charge is 0.392 e. The summed E-state index contributed by atoms with van der Waals surface area (Å²) in [4.78, 5) is 13.2. The molecule has 6 heteroatoms. The first-order chi connectivity index (χ1) is 11.8. The summed E-state index contributed by atoms with van der Waals surface area (Å²) in [6, 6.07) is 11.6. The van der Waals surface area contributed by atoms with Crippen LogP contribution in [0.4, 0.5) is 0 Å². The third kappa shape index (κ3) is 2.75. The molecule has 0 radical (unpaired) electrons. The van der Waals surface area contributed by atoms with Gasteiger partial charge in [-0.15, -0.1) is 0 Å². The summed E-state index contributed by atoms with van der Waals surface area (Å²) in [7, 11) is 0. The van der Waals surface area contributed by atoms with E-state index in [9.17, 15) is 0 Å². The van der Waals surface area contributed by atoms with Gasteiger partial charge in [0.2, 0.25) is 0 Å². The van der Waals surface area contributed by atoms with Crippen molar-refractivity contribution >= 4 is 5.65 Å². The zero-order valence-corrected chi connectivity index (χ0v) is 12.9. The molecule has 0 aliphatic heterocycles. The number of nitrogens with zero attached hydrogens (tertiary/aromatic N) is 5. The Morgan fingerprint density at radius 1 is 1.00 bits per heavy atom. The maximum absolute atomic E-state index is 9.11. The van der Waals surface area contributed by atoms with E-state index in [1.807, 2.05) is 36.4 Å². The Labute approximate surface area is 138 Å². The Morgan fingerprint density at radius 2 is 1.83 bits per heavy atom. The van der Waals surface area contributed by atoms with Crippen molar-refractivity contribution in [1.29, 1.82) is 0 Å². The maximum atomic E-state index is 9.11. The van der Waals surface area contributed by atoms with Crippen molar-refractivity contribution in [1.82, 2.24) is 24.6 Å². The van der Waals surface area contributed by atoms with Crippen molar-refractivity contribution in [2.75, 3.05) is 0 Å². The van der Waals surface area contributed by atoms with Crippen LogP contribution in [0.15, 0.2) is 61.2 Å². The number of hydrogen-bond donors (Lipinski definition) is 1. The van der Waals surface area contributed by atoms with Crippen LogP contribution in [-0.2, 0) is 13.0 Å². The number of hydrogen-bond acceptors (Lipinski definition) is 5. The van der Waals surface area contributed by atoms with Crippen molar-refractivity contribution in [3.63, 3.8) is 0 Å². The SMILES string of the molecule is OCc1ccc(Cc2nc3c(-c4cccnc4)nccn3n2)cc1. The Balaban J connectivity index is 1.70. The predicted octanol–water partition coefficient (Wildman–Crippen LogP) is 2.27. The van der Waals surface area contributed by atoms with Crippen molar-refractivity contribution in [3.8, 4) is 11.3 Å². The lowest BCUT2D eigenvalue weighted by atomic mass is 10.1. The highest BCUT2D eigenvalue weighted by Gasteiger charge is 2.11. The predicted molar refractivity (Wildman–Crippen MR) is 89.2 cm³/mol. The summed E-state index contributed by atoms with van der Waals surface area (Å²) in [6.45, 7) is 0.0486. The average Bonchev–Trinajstić information content (AvgIpc) is 3.05. The molecule has 4 rings (SSSR count). The van der Waals surface area contributed by atoms with Gasteiger partial charge in [0.25, 0.3) is 0 Å². The molecular weight excluding hydrogens is 302 g/mol. The third-order valence-corrected chi connectivity index (χ3v) is 3.80. The minimum atomic E-state index is 0.0486. The van der Waals surface area contributed by atoms with E-state index in [1.54, 1.807) is 29.3 Å². The molecule has 0 bridgehead atoms.